The van der Waals surface area contributed by atoms with Crippen LogP contribution in [-0.4, -0.2) is 59.5 Å². The fourth-order valence-corrected chi connectivity index (χ4v) is 2.36. The van der Waals surface area contributed by atoms with Crippen LogP contribution in [0.2, 0.25) is 0 Å². The molecule has 1 aliphatic heterocycles. The minimum absolute atomic E-state index is 0.0638. The first-order chi connectivity index (χ1) is 10.1. The molecule has 0 amide bonds. The molecule has 1 unspecified atom stereocenters. The van der Waals surface area contributed by atoms with Crippen LogP contribution >= 0.6 is 0 Å². The summed E-state index contributed by atoms with van der Waals surface area (Å²) in [7, 11) is 2.04. The van der Waals surface area contributed by atoms with Crippen LogP contribution in [0, 0.1) is 10.1 Å². The number of nitro benzene ring substituents is 1. The first-order valence-corrected chi connectivity index (χ1v) is 6.59. The summed E-state index contributed by atoms with van der Waals surface area (Å²) in [5, 5.41) is 21.4. The molecule has 0 spiro atoms. The molecule has 2 aromatic rings. The Kier molecular flexibility index (Phi) is 3.67. The molecule has 2 heterocycles. The number of ether oxygens (including phenoxy) is 1. The number of fused-ring (bicyclic) bond motifs is 1. The lowest BCUT2D eigenvalue weighted by Crippen LogP contribution is -2.43. The van der Waals surface area contributed by atoms with E-state index in [2.05, 4.69) is 25.2 Å². The van der Waals surface area contributed by atoms with Crippen LogP contribution in [0.1, 0.15) is 0 Å². The zero-order chi connectivity index (χ0) is 14.8. The highest BCUT2D eigenvalue weighted by atomic mass is 16.6. The molecular formula is C12H15N5O4. The lowest BCUT2D eigenvalue weighted by atomic mass is 10.2. The molecule has 1 saturated heterocycles. The summed E-state index contributed by atoms with van der Waals surface area (Å²) in [5.41, 5.74) is 1.03. The van der Waals surface area contributed by atoms with Gasteiger partial charge in [0.1, 0.15) is 0 Å². The van der Waals surface area contributed by atoms with E-state index in [1.807, 2.05) is 7.05 Å². The van der Waals surface area contributed by atoms with Gasteiger partial charge in [-0.05, 0) is 23.4 Å². The molecule has 0 aliphatic carbocycles. The normalized spacial score (nSPS) is 19.8. The molecule has 1 aliphatic rings. The van der Waals surface area contributed by atoms with Crippen molar-refractivity contribution >= 4 is 22.4 Å². The van der Waals surface area contributed by atoms with Crippen LogP contribution < -0.4 is 5.32 Å². The number of rotatable bonds is 4. The summed E-state index contributed by atoms with van der Waals surface area (Å²) in [6.45, 7) is 3.04. The van der Waals surface area contributed by atoms with Gasteiger partial charge in [-0.25, -0.2) is 4.63 Å². The molecule has 112 valence electrons. The summed E-state index contributed by atoms with van der Waals surface area (Å²) >= 11 is 0. The van der Waals surface area contributed by atoms with Gasteiger partial charge in [0, 0.05) is 25.7 Å². The van der Waals surface area contributed by atoms with Gasteiger partial charge < -0.3 is 15.0 Å². The van der Waals surface area contributed by atoms with Gasteiger partial charge in [0.25, 0.3) is 0 Å². The van der Waals surface area contributed by atoms with Crippen LogP contribution in [0.25, 0.3) is 11.0 Å². The van der Waals surface area contributed by atoms with Gasteiger partial charge in [0.05, 0.1) is 23.3 Å². The van der Waals surface area contributed by atoms with Crippen molar-refractivity contribution in [3.8, 4) is 0 Å². The van der Waals surface area contributed by atoms with Crippen molar-refractivity contribution in [3.05, 3.63) is 22.2 Å². The number of nitrogens with one attached hydrogen (secondary N) is 1. The lowest BCUT2D eigenvalue weighted by Gasteiger charge is -2.30. The van der Waals surface area contributed by atoms with E-state index in [0.29, 0.717) is 24.4 Å². The van der Waals surface area contributed by atoms with Gasteiger partial charge >= 0.3 is 5.69 Å². The number of likely N-dealkylation sites (N-methyl/N-ethyl adjacent to an activating group) is 1. The molecular weight excluding hydrogens is 278 g/mol. The quantitative estimate of drug-likeness (QED) is 0.653. The van der Waals surface area contributed by atoms with Gasteiger partial charge in [-0.1, -0.05) is 0 Å². The molecule has 3 rings (SSSR count). The molecule has 1 aromatic carbocycles. The summed E-state index contributed by atoms with van der Waals surface area (Å²) in [5.74, 6) is 0. The van der Waals surface area contributed by atoms with E-state index < -0.39 is 4.92 Å². The summed E-state index contributed by atoms with van der Waals surface area (Å²) in [6.07, 6.45) is 0.0638. The van der Waals surface area contributed by atoms with Crippen molar-refractivity contribution in [2.24, 2.45) is 0 Å². The number of benzene rings is 1. The Hall–Kier alpha value is -2.26. The van der Waals surface area contributed by atoms with Crippen molar-refractivity contribution < 1.29 is 14.3 Å². The third-order valence-electron chi connectivity index (χ3n) is 3.45. The zero-order valence-electron chi connectivity index (χ0n) is 11.5. The second-order valence-electron chi connectivity index (χ2n) is 4.99. The van der Waals surface area contributed by atoms with Gasteiger partial charge in [-0.3, -0.25) is 10.1 Å². The summed E-state index contributed by atoms with van der Waals surface area (Å²) < 4.78 is 10.3. The topological polar surface area (TPSA) is 107 Å². The van der Waals surface area contributed by atoms with Gasteiger partial charge in [-0.2, -0.15) is 0 Å². The van der Waals surface area contributed by atoms with E-state index >= 15 is 0 Å². The molecule has 1 N–H and O–H groups in total. The number of non-ortho nitro benzene ring substituents is 1. The van der Waals surface area contributed by atoms with E-state index in [9.17, 15) is 10.1 Å². The van der Waals surface area contributed by atoms with Crippen LogP contribution in [0.4, 0.5) is 11.4 Å². The number of nitro groups is 1. The zero-order valence-corrected chi connectivity index (χ0v) is 11.5. The third kappa shape index (κ3) is 2.78. The highest BCUT2D eigenvalue weighted by molar-refractivity contribution is 5.93. The Bertz CT molecular complexity index is 658. The van der Waals surface area contributed by atoms with Crippen molar-refractivity contribution in [2.45, 2.75) is 6.10 Å². The molecule has 0 bridgehead atoms. The van der Waals surface area contributed by atoms with Crippen molar-refractivity contribution in [1.29, 1.82) is 0 Å². The maximum Gasteiger partial charge on any atom is 0.300 e. The second kappa shape index (κ2) is 5.62. The fraction of sp³-hybridized carbons (Fsp3) is 0.500. The first kappa shape index (κ1) is 13.7. The van der Waals surface area contributed by atoms with Crippen LogP contribution in [0.3, 0.4) is 0 Å². The van der Waals surface area contributed by atoms with Crippen molar-refractivity contribution in [3.63, 3.8) is 0 Å². The third-order valence-corrected chi connectivity index (χ3v) is 3.45. The predicted octanol–water partition coefficient (Wildman–Crippen LogP) is 0.873. The minimum Gasteiger partial charge on any atom is -0.380 e. The lowest BCUT2D eigenvalue weighted by molar-refractivity contribution is -0.383. The molecule has 9 nitrogen and oxygen atoms in total. The largest absolute Gasteiger partial charge is 0.380 e. The number of anilines is 1. The maximum absolute atomic E-state index is 10.9. The second-order valence-corrected chi connectivity index (χ2v) is 4.99. The molecule has 1 fully saturated rings. The highest BCUT2D eigenvalue weighted by Gasteiger charge is 2.21. The van der Waals surface area contributed by atoms with Gasteiger partial charge in [0.2, 0.25) is 5.52 Å². The predicted molar refractivity (Wildman–Crippen MR) is 74.2 cm³/mol. The minimum atomic E-state index is -0.504. The average molecular weight is 293 g/mol. The standard InChI is InChI=1S/C12H15N5O4/c1-16-4-5-20-8(7-16)6-13-9-2-3-10(17(18)19)12-11(9)14-21-15-12/h2-3,8,13H,4-7H2,1H3. The van der Waals surface area contributed by atoms with Crippen molar-refractivity contribution in [2.75, 3.05) is 38.6 Å². The molecule has 1 aromatic heterocycles. The van der Waals surface area contributed by atoms with Crippen LogP contribution in [-0.2, 0) is 4.74 Å². The fourth-order valence-electron chi connectivity index (χ4n) is 2.36. The maximum atomic E-state index is 10.9. The number of morpholine rings is 1. The SMILES string of the molecule is CN1CCOC(CNc2ccc([N+](=O)[O-])c3nonc23)C1. The van der Waals surface area contributed by atoms with Crippen molar-refractivity contribution in [1.82, 2.24) is 15.2 Å². The Morgan fingerprint density at radius 2 is 2.29 bits per heavy atom. The van der Waals surface area contributed by atoms with Gasteiger partial charge in [0.15, 0.2) is 5.52 Å². The summed E-state index contributed by atoms with van der Waals surface area (Å²) in [4.78, 5) is 12.6. The Morgan fingerprint density at radius 3 is 3.05 bits per heavy atom. The summed E-state index contributed by atoms with van der Waals surface area (Å²) in [6, 6.07) is 3.00. The Morgan fingerprint density at radius 1 is 1.48 bits per heavy atom. The molecule has 0 radical (unpaired) electrons. The van der Waals surface area contributed by atoms with E-state index in [1.54, 1.807) is 6.07 Å². The number of hydrogen-bond acceptors (Lipinski definition) is 8. The van der Waals surface area contributed by atoms with E-state index in [0.717, 1.165) is 13.1 Å². The van der Waals surface area contributed by atoms with E-state index in [1.165, 1.54) is 6.07 Å². The average Bonchev–Trinajstić information content (AvgIpc) is 2.94. The molecule has 0 saturated carbocycles. The Labute approximate surface area is 120 Å². The number of aromatic nitrogens is 2. The van der Waals surface area contributed by atoms with Crippen LogP contribution in [0.5, 0.6) is 0 Å². The highest BCUT2D eigenvalue weighted by Crippen LogP contribution is 2.28. The first-order valence-electron chi connectivity index (χ1n) is 6.59. The monoisotopic (exact) mass is 293 g/mol. The number of hydrogen-bond donors (Lipinski definition) is 1. The van der Waals surface area contributed by atoms with E-state index in [4.69, 9.17) is 4.74 Å². The van der Waals surface area contributed by atoms with Gasteiger partial charge in [-0.15, -0.1) is 0 Å². The molecule has 21 heavy (non-hydrogen) atoms. The van der Waals surface area contributed by atoms with Crippen LogP contribution in [0.15, 0.2) is 16.8 Å². The Balaban J connectivity index is 1.77. The molecule has 9 heteroatoms. The molecule has 1 atom stereocenters. The number of nitrogens with zero attached hydrogens (tertiary/aromatic N) is 4. The smallest absolute Gasteiger partial charge is 0.300 e. The van der Waals surface area contributed by atoms with E-state index in [-0.39, 0.29) is 17.3 Å².